The van der Waals surface area contributed by atoms with Crippen LogP contribution in [0.3, 0.4) is 0 Å². The van der Waals surface area contributed by atoms with E-state index in [1.807, 2.05) is 30.3 Å². The second-order valence-electron chi connectivity index (χ2n) is 5.38. The van der Waals surface area contributed by atoms with Gasteiger partial charge in [0.1, 0.15) is 11.6 Å². The van der Waals surface area contributed by atoms with Gasteiger partial charge in [-0.15, -0.1) is 10.2 Å². The van der Waals surface area contributed by atoms with Crippen LogP contribution in [0.25, 0.3) is 11.4 Å². The zero-order valence-electron chi connectivity index (χ0n) is 13.5. The molecule has 0 amide bonds. The Balaban J connectivity index is 1.53. The first-order valence-corrected chi connectivity index (χ1v) is 7.76. The minimum absolute atomic E-state index is 0.181. The number of phenols is 1. The van der Waals surface area contributed by atoms with Gasteiger partial charge >= 0.3 is 0 Å². The van der Waals surface area contributed by atoms with Crippen molar-refractivity contribution in [3.05, 3.63) is 60.8 Å². The molecule has 2 aromatic heterocycles. The number of hydrogen-bond acceptors (Lipinski definition) is 8. The van der Waals surface area contributed by atoms with Crippen molar-refractivity contribution < 1.29 is 5.11 Å². The molecule has 0 fully saturated rings. The smallest absolute Gasteiger partial charge is 0.229 e. The van der Waals surface area contributed by atoms with Crippen molar-refractivity contribution in [2.24, 2.45) is 0 Å². The van der Waals surface area contributed by atoms with Gasteiger partial charge in [-0.05, 0) is 35.5 Å². The number of nitrogens with zero attached hydrogens (tertiary/aromatic N) is 5. The van der Waals surface area contributed by atoms with Gasteiger partial charge in [-0.1, -0.05) is 18.2 Å². The van der Waals surface area contributed by atoms with Gasteiger partial charge in [-0.25, -0.2) is 4.98 Å². The highest BCUT2D eigenvalue weighted by atomic mass is 16.3. The molecule has 4 N–H and O–H groups in total. The summed E-state index contributed by atoms with van der Waals surface area (Å²) in [5.41, 5.74) is 2.34. The van der Waals surface area contributed by atoms with Crippen LogP contribution in [0.2, 0.25) is 0 Å². The maximum Gasteiger partial charge on any atom is 0.229 e. The molecule has 0 radical (unpaired) electrons. The van der Waals surface area contributed by atoms with Crippen LogP contribution in [0.1, 0.15) is 0 Å². The lowest BCUT2D eigenvalue weighted by atomic mass is 10.2. The minimum atomic E-state index is 0.181. The zero-order chi connectivity index (χ0) is 17.8. The first-order valence-electron chi connectivity index (χ1n) is 7.76. The molecule has 4 aromatic rings. The average Bonchev–Trinajstić information content (AvgIpc) is 3.17. The summed E-state index contributed by atoms with van der Waals surface area (Å²) in [6.07, 6.45) is 1.64. The molecule has 0 bridgehead atoms. The fraction of sp³-hybridized carbons (Fsp3) is 0. The lowest BCUT2D eigenvalue weighted by molar-refractivity contribution is 0.475. The van der Waals surface area contributed by atoms with Crippen LogP contribution in [-0.2, 0) is 0 Å². The number of benzene rings is 2. The number of nitrogens with one attached hydrogen (secondary N) is 3. The van der Waals surface area contributed by atoms with Crippen LogP contribution in [0.4, 0.5) is 23.1 Å². The summed E-state index contributed by atoms with van der Waals surface area (Å²) in [6, 6.07) is 16.1. The molecule has 0 aliphatic carbocycles. The topological polar surface area (TPSA) is 125 Å². The Hall–Kier alpha value is -4.01. The molecule has 0 aliphatic heterocycles. The first kappa shape index (κ1) is 15.5. The summed E-state index contributed by atoms with van der Waals surface area (Å²) in [5, 5.41) is 29.7. The predicted octanol–water partition coefficient (Wildman–Crippen LogP) is 2.85. The molecular formula is C17H14N8O. The number of aromatic amines is 1. The van der Waals surface area contributed by atoms with E-state index in [2.05, 4.69) is 41.2 Å². The van der Waals surface area contributed by atoms with Gasteiger partial charge in [0.25, 0.3) is 0 Å². The normalized spacial score (nSPS) is 10.5. The van der Waals surface area contributed by atoms with Crippen LogP contribution >= 0.6 is 0 Å². The SMILES string of the molecule is Oc1cccc(Nc2ccnc(Nc3cccc(-c4nn[nH]n4)c3)n2)c1. The van der Waals surface area contributed by atoms with Crippen LogP contribution < -0.4 is 10.6 Å². The third-order valence-electron chi connectivity index (χ3n) is 3.50. The first-order chi connectivity index (χ1) is 12.8. The molecule has 2 heterocycles. The van der Waals surface area contributed by atoms with E-state index in [4.69, 9.17) is 0 Å². The molecule has 0 unspecified atom stereocenters. The Labute approximate surface area is 148 Å². The van der Waals surface area contributed by atoms with Gasteiger partial charge < -0.3 is 15.7 Å². The lowest BCUT2D eigenvalue weighted by Gasteiger charge is -2.09. The molecule has 9 heteroatoms. The van der Waals surface area contributed by atoms with E-state index < -0.39 is 0 Å². The van der Waals surface area contributed by atoms with E-state index in [9.17, 15) is 5.11 Å². The van der Waals surface area contributed by atoms with Gasteiger partial charge in [0, 0.05) is 29.2 Å². The number of H-pyrrole nitrogens is 1. The number of aromatic nitrogens is 6. The quantitative estimate of drug-likeness (QED) is 0.435. The summed E-state index contributed by atoms with van der Waals surface area (Å²) in [7, 11) is 0. The zero-order valence-corrected chi connectivity index (χ0v) is 13.5. The summed E-state index contributed by atoms with van der Waals surface area (Å²) >= 11 is 0. The molecular weight excluding hydrogens is 332 g/mol. The number of tetrazole rings is 1. The molecule has 0 aliphatic rings. The highest BCUT2D eigenvalue weighted by Gasteiger charge is 2.05. The number of phenolic OH excluding ortho intramolecular Hbond substituents is 1. The van der Waals surface area contributed by atoms with Crippen molar-refractivity contribution in [3.8, 4) is 17.1 Å². The van der Waals surface area contributed by atoms with E-state index in [0.29, 0.717) is 17.6 Å². The molecule has 0 spiro atoms. The molecule has 0 saturated carbocycles. The lowest BCUT2D eigenvalue weighted by Crippen LogP contribution is -2.00. The van der Waals surface area contributed by atoms with Gasteiger partial charge in [0.05, 0.1) is 0 Å². The molecule has 128 valence electrons. The minimum Gasteiger partial charge on any atom is -0.508 e. The molecule has 2 aromatic carbocycles. The highest BCUT2D eigenvalue weighted by molar-refractivity contribution is 5.65. The largest absolute Gasteiger partial charge is 0.508 e. The summed E-state index contributed by atoms with van der Waals surface area (Å²) in [6.45, 7) is 0. The van der Waals surface area contributed by atoms with E-state index in [1.165, 1.54) is 0 Å². The van der Waals surface area contributed by atoms with Crippen molar-refractivity contribution in [2.45, 2.75) is 0 Å². The van der Waals surface area contributed by atoms with Crippen LogP contribution in [0, 0.1) is 0 Å². The Morgan fingerprint density at radius 2 is 1.77 bits per heavy atom. The van der Waals surface area contributed by atoms with E-state index in [-0.39, 0.29) is 5.75 Å². The average molecular weight is 346 g/mol. The van der Waals surface area contributed by atoms with Crippen molar-refractivity contribution in [1.29, 1.82) is 0 Å². The highest BCUT2D eigenvalue weighted by Crippen LogP contribution is 2.22. The second-order valence-corrected chi connectivity index (χ2v) is 5.38. The van der Waals surface area contributed by atoms with Crippen molar-refractivity contribution in [2.75, 3.05) is 10.6 Å². The molecule has 0 saturated heterocycles. The standard InChI is InChI=1S/C17H14N8O/c26-14-6-2-5-13(10-14)19-15-7-8-18-17(21-15)20-12-4-1-3-11(9-12)16-22-24-25-23-16/h1-10,26H,(H2,18,19,20,21)(H,22,23,24,25). The third kappa shape index (κ3) is 3.56. The van der Waals surface area contributed by atoms with Gasteiger partial charge in [-0.2, -0.15) is 10.2 Å². The van der Waals surface area contributed by atoms with Crippen LogP contribution in [0.5, 0.6) is 5.75 Å². The van der Waals surface area contributed by atoms with Gasteiger partial charge in [-0.3, -0.25) is 0 Å². The Morgan fingerprint density at radius 1 is 0.923 bits per heavy atom. The molecule has 0 atom stereocenters. The Bertz CT molecular complexity index is 1020. The summed E-state index contributed by atoms with van der Waals surface area (Å²) in [5.74, 6) is 1.72. The fourth-order valence-electron chi connectivity index (χ4n) is 2.37. The summed E-state index contributed by atoms with van der Waals surface area (Å²) in [4.78, 5) is 8.65. The van der Waals surface area contributed by atoms with Crippen molar-refractivity contribution >= 4 is 23.1 Å². The van der Waals surface area contributed by atoms with Crippen molar-refractivity contribution in [3.63, 3.8) is 0 Å². The number of rotatable bonds is 5. The van der Waals surface area contributed by atoms with Crippen LogP contribution in [-0.4, -0.2) is 35.7 Å². The maximum atomic E-state index is 9.54. The van der Waals surface area contributed by atoms with Crippen LogP contribution in [0.15, 0.2) is 60.8 Å². The maximum absolute atomic E-state index is 9.54. The molecule has 4 rings (SSSR count). The van der Waals surface area contributed by atoms with E-state index in [0.717, 1.165) is 16.9 Å². The predicted molar refractivity (Wildman–Crippen MR) is 96.3 cm³/mol. The molecule has 26 heavy (non-hydrogen) atoms. The number of anilines is 4. The van der Waals surface area contributed by atoms with E-state index in [1.54, 1.807) is 30.5 Å². The number of aromatic hydroxyl groups is 1. The Kier molecular flexibility index (Phi) is 4.09. The Morgan fingerprint density at radius 3 is 2.58 bits per heavy atom. The fourth-order valence-corrected chi connectivity index (χ4v) is 2.37. The third-order valence-corrected chi connectivity index (χ3v) is 3.50. The van der Waals surface area contributed by atoms with E-state index >= 15 is 0 Å². The number of hydrogen-bond donors (Lipinski definition) is 4. The van der Waals surface area contributed by atoms with Gasteiger partial charge in [0.15, 0.2) is 0 Å². The van der Waals surface area contributed by atoms with Gasteiger partial charge in [0.2, 0.25) is 11.8 Å². The monoisotopic (exact) mass is 346 g/mol. The second kappa shape index (κ2) is 6.85. The molecule has 9 nitrogen and oxygen atoms in total. The van der Waals surface area contributed by atoms with Crippen molar-refractivity contribution in [1.82, 2.24) is 30.6 Å². The summed E-state index contributed by atoms with van der Waals surface area (Å²) < 4.78 is 0.